The maximum Gasteiger partial charge on any atom is 0.194 e. The molecule has 0 radical (unpaired) electrons. The smallest absolute Gasteiger partial charge is 0.194 e. The predicted octanol–water partition coefficient (Wildman–Crippen LogP) is 2.39. The Bertz CT molecular complexity index is 781. The predicted molar refractivity (Wildman–Crippen MR) is 131 cm³/mol. The highest BCUT2D eigenvalue weighted by atomic mass is 127. The van der Waals surface area contributed by atoms with E-state index in [9.17, 15) is 0 Å². The number of likely N-dealkylation sites (N-methyl/N-ethyl adjacent to an activating group) is 1. The minimum Gasteiger partial charge on any atom is -0.357 e. The van der Waals surface area contributed by atoms with Gasteiger partial charge in [0.05, 0.1) is 13.1 Å². The zero-order valence-electron chi connectivity index (χ0n) is 18.0. The molecule has 29 heavy (non-hydrogen) atoms. The highest BCUT2D eigenvalue weighted by Crippen LogP contribution is 2.15. The highest BCUT2D eigenvalue weighted by Gasteiger charge is 2.15. The van der Waals surface area contributed by atoms with Crippen molar-refractivity contribution in [2.75, 3.05) is 51.7 Å². The summed E-state index contributed by atoms with van der Waals surface area (Å²) in [5.74, 6) is 1.98. The number of hydrogen-bond acceptors (Lipinski definition) is 4. The molecule has 0 aliphatic carbocycles. The van der Waals surface area contributed by atoms with Gasteiger partial charge in [-0.05, 0) is 43.8 Å². The summed E-state index contributed by atoms with van der Waals surface area (Å²) in [5, 5.41) is 3.40. The first-order valence-electron chi connectivity index (χ1n) is 10.0. The Morgan fingerprint density at radius 2 is 1.97 bits per heavy atom. The van der Waals surface area contributed by atoms with Crippen molar-refractivity contribution in [1.29, 1.82) is 0 Å². The van der Waals surface area contributed by atoms with Crippen molar-refractivity contribution in [1.82, 2.24) is 24.7 Å². The van der Waals surface area contributed by atoms with Gasteiger partial charge in [0, 0.05) is 64.9 Å². The molecule has 160 valence electrons. The van der Waals surface area contributed by atoms with Gasteiger partial charge in [0.2, 0.25) is 0 Å². The maximum atomic E-state index is 4.86. The first kappa shape index (κ1) is 23.5. The fraction of sp³-hybridized carbons (Fsp3) is 0.524. The van der Waals surface area contributed by atoms with Crippen LogP contribution in [0.25, 0.3) is 0 Å². The first-order chi connectivity index (χ1) is 13.6. The van der Waals surface area contributed by atoms with E-state index in [1.807, 2.05) is 6.20 Å². The molecule has 3 heterocycles. The molecule has 8 heteroatoms. The lowest BCUT2D eigenvalue weighted by molar-refractivity contribution is 0.312. The largest absolute Gasteiger partial charge is 0.357 e. The second kappa shape index (κ2) is 11.4. The van der Waals surface area contributed by atoms with Crippen molar-refractivity contribution in [2.24, 2.45) is 12.0 Å². The van der Waals surface area contributed by atoms with E-state index in [1.54, 1.807) is 0 Å². The lowest BCUT2D eigenvalue weighted by Gasteiger charge is -2.33. The SMILES string of the molecule is CCNC(=NCc1ccnc(N2CCN(C)CC2)c1)N(C)Cc1cccn1C.I. The number of pyridine rings is 1. The summed E-state index contributed by atoms with van der Waals surface area (Å²) in [6, 6.07) is 8.45. The van der Waals surface area contributed by atoms with Crippen molar-refractivity contribution in [2.45, 2.75) is 20.0 Å². The van der Waals surface area contributed by atoms with Crippen molar-refractivity contribution in [3.63, 3.8) is 0 Å². The summed E-state index contributed by atoms with van der Waals surface area (Å²) in [6.45, 7) is 8.62. The number of aromatic nitrogens is 2. The molecule has 0 spiro atoms. The van der Waals surface area contributed by atoms with Gasteiger partial charge in [0.25, 0.3) is 0 Å². The number of rotatable bonds is 6. The molecule has 0 atom stereocenters. The monoisotopic (exact) mass is 511 g/mol. The van der Waals surface area contributed by atoms with Crippen molar-refractivity contribution in [3.05, 3.63) is 47.9 Å². The Labute approximate surface area is 191 Å². The second-order valence-electron chi connectivity index (χ2n) is 7.45. The van der Waals surface area contributed by atoms with E-state index in [4.69, 9.17) is 4.99 Å². The molecule has 0 aromatic carbocycles. The van der Waals surface area contributed by atoms with Crippen LogP contribution in [0.15, 0.2) is 41.7 Å². The number of anilines is 1. The van der Waals surface area contributed by atoms with E-state index in [-0.39, 0.29) is 24.0 Å². The molecule has 0 saturated carbocycles. The number of aryl methyl sites for hydroxylation is 1. The molecule has 7 nitrogen and oxygen atoms in total. The third kappa shape index (κ3) is 6.60. The van der Waals surface area contributed by atoms with Gasteiger partial charge in [-0.25, -0.2) is 9.98 Å². The minimum atomic E-state index is 0. The Kier molecular flexibility index (Phi) is 9.22. The highest BCUT2D eigenvalue weighted by molar-refractivity contribution is 14.0. The summed E-state index contributed by atoms with van der Waals surface area (Å²) in [5.41, 5.74) is 2.45. The van der Waals surface area contributed by atoms with Crippen LogP contribution < -0.4 is 10.2 Å². The lowest BCUT2D eigenvalue weighted by atomic mass is 10.2. The van der Waals surface area contributed by atoms with Crippen LogP contribution in [0.5, 0.6) is 0 Å². The lowest BCUT2D eigenvalue weighted by Crippen LogP contribution is -2.44. The maximum absolute atomic E-state index is 4.86. The molecule has 2 aromatic heterocycles. The molecule has 0 bridgehead atoms. The van der Waals surface area contributed by atoms with Crippen LogP contribution in [0.1, 0.15) is 18.2 Å². The minimum absolute atomic E-state index is 0. The molecule has 1 N–H and O–H groups in total. The van der Waals surface area contributed by atoms with E-state index in [1.165, 1.54) is 11.3 Å². The number of nitrogens with zero attached hydrogens (tertiary/aromatic N) is 6. The summed E-state index contributed by atoms with van der Waals surface area (Å²) >= 11 is 0. The Morgan fingerprint density at radius 1 is 1.21 bits per heavy atom. The fourth-order valence-corrected chi connectivity index (χ4v) is 3.38. The van der Waals surface area contributed by atoms with Crippen LogP contribution in [0, 0.1) is 0 Å². The molecular weight excluding hydrogens is 477 g/mol. The van der Waals surface area contributed by atoms with Gasteiger partial charge >= 0.3 is 0 Å². The fourth-order valence-electron chi connectivity index (χ4n) is 3.38. The zero-order valence-corrected chi connectivity index (χ0v) is 20.3. The van der Waals surface area contributed by atoms with Gasteiger partial charge in [0.15, 0.2) is 5.96 Å². The quantitative estimate of drug-likeness (QED) is 0.367. The number of hydrogen-bond donors (Lipinski definition) is 1. The molecule has 1 saturated heterocycles. The number of halogens is 1. The van der Waals surface area contributed by atoms with Crippen LogP contribution in [-0.4, -0.2) is 72.1 Å². The summed E-state index contributed by atoms with van der Waals surface area (Å²) < 4.78 is 2.14. The van der Waals surface area contributed by atoms with Gasteiger partial charge in [-0.15, -0.1) is 24.0 Å². The van der Waals surface area contributed by atoms with Gasteiger partial charge in [-0.3, -0.25) is 0 Å². The number of piperazine rings is 1. The third-order valence-electron chi connectivity index (χ3n) is 5.20. The first-order valence-corrected chi connectivity index (χ1v) is 10.0. The van der Waals surface area contributed by atoms with Crippen LogP contribution in [0.2, 0.25) is 0 Å². The van der Waals surface area contributed by atoms with E-state index < -0.39 is 0 Å². The third-order valence-corrected chi connectivity index (χ3v) is 5.20. The topological polar surface area (TPSA) is 51.9 Å². The standard InChI is InChI=1S/C21H33N7.HI/c1-5-22-21(27(4)17-19-7-6-10-26(19)3)24-16-18-8-9-23-20(15-18)28-13-11-25(2)12-14-28;/h6-10,15H,5,11-14,16-17H2,1-4H3,(H,22,24);1H. The van der Waals surface area contributed by atoms with E-state index in [0.29, 0.717) is 6.54 Å². The van der Waals surface area contributed by atoms with Crippen molar-refractivity contribution >= 4 is 35.8 Å². The Balaban J connectivity index is 0.00000300. The Hall–Kier alpha value is -1.81. The summed E-state index contributed by atoms with van der Waals surface area (Å²) in [6.07, 6.45) is 3.98. The van der Waals surface area contributed by atoms with Crippen LogP contribution in [0.3, 0.4) is 0 Å². The van der Waals surface area contributed by atoms with E-state index in [2.05, 4.69) is 88.1 Å². The molecule has 0 unspecified atom stereocenters. The average molecular weight is 511 g/mol. The van der Waals surface area contributed by atoms with E-state index in [0.717, 1.165) is 51.0 Å². The molecule has 1 aliphatic rings. The van der Waals surface area contributed by atoms with Crippen LogP contribution >= 0.6 is 24.0 Å². The molecule has 0 amide bonds. The van der Waals surface area contributed by atoms with Gasteiger partial charge in [0.1, 0.15) is 5.82 Å². The van der Waals surface area contributed by atoms with Gasteiger partial charge in [-0.2, -0.15) is 0 Å². The van der Waals surface area contributed by atoms with E-state index >= 15 is 0 Å². The van der Waals surface area contributed by atoms with Gasteiger partial charge < -0.3 is 24.6 Å². The molecule has 1 aliphatic heterocycles. The van der Waals surface area contributed by atoms with Crippen molar-refractivity contribution in [3.8, 4) is 0 Å². The normalized spacial score (nSPS) is 15.2. The molecule has 3 rings (SSSR count). The van der Waals surface area contributed by atoms with Crippen molar-refractivity contribution < 1.29 is 0 Å². The summed E-state index contributed by atoms with van der Waals surface area (Å²) in [4.78, 5) is 16.3. The number of nitrogens with one attached hydrogen (secondary N) is 1. The Morgan fingerprint density at radius 3 is 2.62 bits per heavy atom. The average Bonchev–Trinajstić information content (AvgIpc) is 3.10. The zero-order chi connectivity index (χ0) is 19.9. The molecular formula is C21H34IN7. The molecule has 1 fully saturated rings. The summed E-state index contributed by atoms with van der Waals surface area (Å²) in [7, 11) is 6.32. The number of guanidine groups is 1. The van der Waals surface area contributed by atoms with Crippen LogP contribution in [0.4, 0.5) is 5.82 Å². The number of aliphatic imine (C=N–C) groups is 1. The second-order valence-corrected chi connectivity index (χ2v) is 7.45. The van der Waals surface area contributed by atoms with Crippen LogP contribution in [-0.2, 0) is 20.1 Å². The van der Waals surface area contributed by atoms with Gasteiger partial charge in [-0.1, -0.05) is 0 Å². The molecule has 2 aromatic rings.